The molecule has 2 aromatic carbocycles. The van der Waals surface area contributed by atoms with Crippen LogP contribution in [-0.2, 0) is 10.0 Å². The zero-order chi connectivity index (χ0) is 20.4. The minimum Gasteiger partial charge on any atom is -0.493 e. The fourth-order valence-corrected chi connectivity index (χ4v) is 4.89. The number of fused-ring (bicyclic) bond motifs is 1. The largest absolute Gasteiger partial charge is 0.493 e. The summed E-state index contributed by atoms with van der Waals surface area (Å²) >= 11 is 1.50. The van der Waals surface area contributed by atoms with E-state index in [1.165, 1.54) is 30.5 Å². The quantitative estimate of drug-likeness (QED) is 0.651. The highest BCUT2D eigenvalue weighted by Gasteiger charge is 2.25. The van der Waals surface area contributed by atoms with Crippen molar-refractivity contribution in [2.45, 2.75) is 17.4 Å². The topological polar surface area (TPSA) is 84.5 Å². The van der Waals surface area contributed by atoms with Crippen LogP contribution >= 0.6 is 11.3 Å². The number of carbonyl (C=O) groups excluding carboxylic acids is 1. The first-order valence-corrected chi connectivity index (χ1v) is 11.5. The maximum absolute atomic E-state index is 13.2. The number of thiophene rings is 1. The number of sulfonamides is 1. The molecule has 6 nitrogen and oxygen atoms in total. The second-order valence-electron chi connectivity index (χ2n) is 6.59. The second kappa shape index (κ2) is 7.98. The minimum absolute atomic E-state index is 0.0535. The van der Waals surface area contributed by atoms with Gasteiger partial charge in [0.05, 0.1) is 17.5 Å². The molecule has 1 aromatic heterocycles. The van der Waals surface area contributed by atoms with E-state index in [9.17, 15) is 13.2 Å². The van der Waals surface area contributed by atoms with Crippen LogP contribution in [0.25, 0.3) is 10.4 Å². The molecule has 4 rings (SSSR count). The monoisotopic (exact) mass is 428 g/mol. The lowest BCUT2D eigenvalue weighted by atomic mass is 9.99. The molecule has 0 spiro atoms. The Morgan fingerprint density at radius 3 is 2.72 bits per heavy atom. The molecule has 0 aliphatic carbocycles. The molecule has 0 bridgehead atoms. The maximum atomic E-state index is 13.2. The fraction of sp³-hybridized carbons (Fsp3) is 0.190. The number of ether oxygens (including phenoxy) is 1. The third-order valence-corrected chi connectivity index (χ3v) is 7.18. The summed E-state index contributed by atoms with van der Waals surface area (Å²) in [6.45, 7) is 0.508. The molecule has 1 aliphatic heterocycles. The SMILES string of the molecule is CNS(=O)(=O)c1ccc(-c2cccs2)c(C(=O)N[C@H]2CCOc3ccccc32)c1. The van der Waals surface area contributed by atoms with Crippen molar-refractivity contribution in [3.8, 4) is 16.2 Å². The normalized spacial score (nSPS) is 16.0. The average Bonchev–Trinajstić information content (AvgIpc) is 3.28. The molecule has 0 radical (unpaired) electrons. The number of benzene rings is 2. The van der Waals surface area contributed by atoms with Crippen LogP contribution in [0.1, 0.15) is 28.4 Å². The predicted molar refractivity (Wildman–Crippen MR) is 113 cm³/mol. The molecule has 1 aliphatic rings. The van der Waals surface area contributed by atoms with E-state index < -0.39 is 10.0 Å². The molecule has 2 heterocycles. The van der Waals surface area contributed by atoms with Gasteiger partial charge in [-0.1, -0.05) is 30.3 Å². The summed E-state index contributed by atoms with van der Waals surface area (Å²) in [5.41, 5.74) is 1.95. The molecular formula is C21H20N2O4S2. The Morgan fingerprint density at radius 2 is 1.97 bits per heavy atom. The van der Waals surface area contributed by atoms with Gasteiger partial charge in [-0.15, -0.1) is 11.3 Å². The van der Waals surface area contributed by atoms with Gasteiger partial charge in [0.1, 0.15) is 5.75 Å². The molecule has 8 heteroatoms. The molecule has 0 unspecified atom stereocenters. The zero-order valence-electron chi connectivity index (χ0n) is 15.7. The van der Waals surface area contributed by atoms with Gasteiger partial charge in [-0.25, -0.2) is 13.1 Å². The lowest BCUT2D eigenvalue weighted by Crippen LogP contribution is -2.32. The lowest BCUT2D eigenvalue weighted by molar-refractivity contribution is 0.0925. The van der Waals surface area contributed by atoms with Gasteiger partial charge in [0.25, 0.3) is 5.91 Å². The molecule has 3 aromatic rings. The van der Waals surface area contributed by atoms with Gasteiger partial charge < -0.3 is 10.1 Å². The molecule has 0 fully saturated rings. The number of nitrogens with one attached hydrogen (secondary N) is 2. The van der Waals surface area contributed by atoms with Crippen LogP contribution in [-0.4, -0.2) is 28.0 Å². The van der Waals surface area contributed by atoms with Crippen LogP contribution in [0.4, 0.5) is 0 Å². The van der Waals surface area contributed by atoms with Crippen molar-refractivity contribution in [3.05, 3.63) is 71.1 Å². The van der Waals surface area contributed by atoms with E-state index in [0.717, 1.165) is 16.2 Å². The van der Waals surface area contributed by atoms with Gasteiger partial charge in [-0.2, -0.15) is 0 Å². The standard InChI is InChI=1S/C21H20N2O4S2/c1-22-29(25,26)14-8-9-15(20-7-4-12-28-20)17(13-14)21(24)23-18-10-11-27-19-6-3-2-5-16(18)19/h2-9,12-13,18,22H,10-11H2,1H3,(H,23,24)/t18-/m0/s1. The number of amides is 1. The smallest absolute Gasteiger partial charge is 0.252 e. The van der Waals surface area contributed by atoms with E-state index in [1.807, 2.05) is 41.8 Å². The van der Waals surface area contributed by atoms with Gasteiger partial charge in [0.2, 0.25) is 10.0 Å². The third kappa shape index (κ3) is 3.91. The number of hydrogen-bond acceptors (Lipinski definition) is 5. The van der Waals surface area contributed by atoms with Crippen LogP contribution in [0.5, 0.6) is 5.75 Å². The Kier molecular flexibility index (Phi) is 5.40. The number of rotatable bonds is 5. The molecule has 2 N–H and O–H groups in total. The highest BCUT2D eigenvalue weighted by atomic mass is 32.2. The first-order valence-electron chi connectivity index (χ1n) is 9.13. The van der Waals surface area contributed by atoms with E-state index in [4.69, 9.17) is 4.74 Å². The van der Waals surface area contributed by atoms with Crippen LogP contribution in [0.3, 0.4) is 0 Å². The van der Waals surface area contributed by atoms with Gasteiger partial charge in [0.15, 0.2) is 0 Å². The number of para-hydroxylation sites is 1. The summed E-state index contributed by atoms with van der Waals surface area (Å²) in [5.74, 6) is 0.442. The third-order valence-electron chi connectivity index (χ3n) is 4.87. The predicted octanol–water partition coefficient (Wildman–Crippen LogP) is 3.58. The van der Waals surface area contributed by atoms with Crippen molar-refractivity contribution in [1.82, 2.24) is 10.0 Å². The molecule has 29 heavy (non-hydrogen) atoms. The van der Waals surface area contributed by atoms with Gasteiger partial charge >= 0.3 is 0 Å². The van der Waals surface area contributed by atoms with Crippen LogP contribution in [0, 0.1) is 0 Å². The van der Waals surface area contributed by atoms with Crippen molar-refractivity contribution >= 4 is 27.3 Å². The van der Waals surface area contributed by atoms with Crippen LogP contribution in [0.15, 0.2) is 64.9 Å². The van der Waals surface area contributed by atoms with E-state index in [-0.39, 0.29) is 16.8 Å². The lowest BCUT2D eigenvalue weighted by Gasteiger charge is -2.27. The highest BCUT2D eigenvalue weighted by molar-refractivity contribution is 7.89. The fourth-order valence-electron chi connectivity index (χ4n) is 3.37. The van der Waals surface area contributed by atoms with E-state index >= 15 is 0 Å². The zero-order valence-corrected chi connectivity index (χ0v) is 17.3. The van der Waals surface area contributed by atoms with Crippen molar-refractivity contribution in [1.29, 1.82) is 0 Å². The van der Waals surface area contributed by atoms with E-state index in [2.05, 4.69) is 10.0 Å². The summed E-state index contributed by atoms with van der Waals surface area (Å²) in [4.78, 5) is 14.2. The van der Waals surface area contributed by atoms with Crippen molar-refractivity contribution in [2.75, 3.05) is 13.7 Å². The second-order valence-corrected chi connectivity index (χ2v) is 9.43. The van der Waals surface area contributed by atoms with Crippen LogP contribution < -0.4 is 14.8 Å². The average molecular weight is 429 g/mol. The van der Waals surface area contributed by atoms with Gasteiger partial charge in [0, 0.05) is 28.0 Å². The summed E-state index contributed by atoms with van der Waals surface area (Å²) in [5, 5.41) is 4.98. The Hall–Kier alpha value is -2.68. The van der Waals surface area contributed by atoms with Gasteiger partial charge in [-0.3, -0.25) is 4.79 Å². The maximum Gasteiger partial charge on any atom is 0.252 e. The van der Waals surface area contributed by atoms with E-state index in [0.29, 0.717) is 24.2 Å². The molecule has 150 valence electrons. The summed E-state index contributed by atoms with van der Waals surface area (Å²) < 4.78 is 32.5. The molecule has 0 saturated carbocycles. The summed E-state index contributed by atoms with van der Waals surface area (Å²) in [7, 11) is -2.32. The Labute approximate surface area is 173 Å². The first-order chi connectivity index (χ1) is 14.0. The Bertz CT molecular complexity index is 1140. The number of hydrogen-bond donors (Lipinski definition) is 2. The first kappa shape index (κ1) is 19.6. The van der Waals surface area contributed by atoms with Crippen molar-refractivity contribution < 1.29 is 17.9 Å². The number of carbonyl (C=O) groups is 1. The Morgan fingerprint density at radius 1 is 1.14 bits per heavy atom. The van der Waals surface area contributed by atoms with E-state index in [1.54, 1.807) is 6.07 Å². The molecule has 0 saturated heterocycles. The van der Waals surface area contributed by atoms with Gasteiger partial charge in [-0.05, 0) is 36.7 Å². The summed E-state index contributed by atoms with van der Waals surface area (Å²) in [6, 6.07) is 15.8. The Balaban J connectivity index is 1.73. The molecular weight excluding hydrogens is 408 g/mol. The molecule has 1 atom stereocenters. The summed E-state index contributed by atoms with van der Waals surface area (Å²) in [6.07, 6.45) is 0.644. The van der Waals surface area contributed by atoms with Crippen molar-refractivity contribution in [2.24, 2.45) is 0 Å². The van der Waals surface area contributed by atoms with Crippen LogP contribution in [0.2, 0.25) is 0 Å². The highest BCUT2D eigenvalue weighted by Crippen LogP contribution is 2.33. The molecule has 1 amide bonds. The van der Waals surface area contributed by atoms with Crippen molar-refractivity contribution in [3.63, 3.8) is 0 Å². The minimum atomic E-state index is -3.67.